The van der Waals surface area contributed by atoms with E-state index in [0.717, 1.165) is 80.0 Å². The number of halogens is 1. The monoisotopic (exact) mass is 508 g/mol. The second kappa shape index (κ2) is 10.1. The number of carbonyl (C=O) groups excluding carboxylic acids is 1. The van der Waals surface area contributed by atoms with Gasteiger partial charge < -0.3 is 14.2 Å². The quantitative estimate of drug-likeness (QED) is 0.459. The third-order valence-electron chi connectivity index (χ3n) is 8.76. The molecule has 0 radical (unpaired) electrons. The molecule has 3 aromatic rings. The van der Waals surface area contributed by atoms with Crippen LogP contribution in [0, 0.1) is 18.8 Å². The highest BCUT2D eigenvalue weighted by molar-refractivity contribution is 6.36. The molecule has 2 aliphatic rings. The molecular weight excluding hydrogens is 472 g/mol. The fourth-order valence-electron chi connectivity index (χ4n) is 6.40. The number of aryl methyl sites for hydroxylation is 2. The molecule has 192 valence electrons. The van der Waals surface area contributed by atoms with Crippen LogP contribution in [-0.4, -0.2) is 51.6 Å². The van der Waals surface area contributed by atoms with Crippen LogP contribution in [-0.2, 0) is 28.4 Å². The number of nitrogens with zero attached hydrogens (tertiary/aromatic N) is 4. The van der Waals surface area contributed by atoms with Crippen LogP contribution in [0.15, 0.2) is 30.7 Å². The van der Waals surface area contributed by atoms with Gasteiger partial charge in [0.2, 0.25) is 5.91 Å². The Morgan fingerprint density at radius 2 is 1.92 bits per heavy atom. The van der Waals surface area contributed by atoms with Gasteiger partial charge in [0.05, 0.1) is 16.9 Å². The predicted molar refractivity (Wildman–Crippen MR) is 143 cm³/mol. The number of hydrogen-bond acceptors (Lipinski definition) is 4. The number of carbonyl (C=O) groups is 1. The molecule has 2 saturated heterocycles. The third kappa shape index (κ3) is 4.54. The van der Waals surface area contributed by atoms with E-state index in [-0.39, 0.29) is 11.3 Å². The summed E-state index contributed by atoms with van der Waals surface area (Å²) in [6, 6.07) is 6.61. The van der Waals surface area contributed by atoms with Gasteiger partial charge in [-0.3, -0.25) is 9.78 Å². The lowest BCUT2D eigenvalue weighted by molar-refractivity contribution is -0.130. The molecule has 5 rings (SSSR count). The summed E-state index contributed by atoms with van der Waals surface area (Å²) in [5, 5.41) is 1.86. The highest BCUT2D eigenvalue weighted by atomic mass is 35.5. The molecule has 0 saturated carbocycles. The van der Waals surface area contributed by atoms with Gasteiger partial charge in [-0.05, 0) is 81.0 Å². The van der Waals surface area contributed by atoms with Crippen LogP contribution in [0.4, 0.5) is 0 Å². The summed E-state index contributed by atoms with van der Waals surface area (Å²) < 4.78 is 7.70. The van der Waals surface area contributed by atoms with Crippen LogP contribution < -0.4 is 0 Å². The second-order valence-electron chi connectivity index (χ2n) is 10.9. The van der Waals surface area contributed by atoms with Crippen molar-refractivity contribution < 1.29 is 9.53 Å². The lowest BCUT2D eigenvalue weighted by atomic mass is 9.66. The lowest BCUT2D eigenvalue weighted by Gasteiger charge is -2.43. The Hall–Kier alpha value is -2.44. The first-order valence-corrected chi connectivity index (χ1v) is 13.6. The smallest absolute Gasteiger partial charge is 0.219 e. The van der Waals surface area contributed by atoms with Crippen LogP contribution in [0.3, 0.4) is 0 Å². The molecule has 2 aliphatic heterocycles. The minimum Gasteiger partial charge on any atom is -0.381 e. The summed E-state index contributed by atoms with van der Waals surface area (Å²) in [6.07, 6.45) is 8.87. The number of aromatic nitrogens is 3. The fraction of sp³-hybridized carbons (Fsp3) is 0.552. The Labute approximate surface area is 219 Å². The fourth-order valence-corrected chi connectivity index (χ4v) is 6.77. The molecule has 7 heteroatoms. The number of fused-ring (bicyclic) bond motifs is 1. The molecule has 2 fully saturated rings. The Morgan fingerprint density at radius 3 is 2.56 bits per heavy atom. The van der Waals surface area contributed by atoms with E-state index in [1.54, 1.807) is 6.92 Å². The summed E-state index contributed by atoms with van der Waals surface area (Å²) in [5.74, 6) is 1.12. The zero-order valence-corrected chi connectivity index (χ0v) is 22.6. The van der Waals surface area contributed by atoms with E-state index in [1.807, 2.05) is 17.4 Å². The topological polar surface area (TPSA) is 60.3 Å². The van der Waals surface area contributed by atoms with E-state index >= 15 is 0 Å². The van der Waals surface area contributed by atoms with Gasteiger partial charge in [-0.2, -0.15) is 0 Å². The molecule has 4 heterocycles. The standard InChI is InChI=1S/C29H37ClN4O2/c1-19-24(15-21-9-13-36-14-10-21)28(30)25-16-23(5-6-26(25)32-19)29(3,27-17-31-18-33(27)4)22-7-11-34(12-8-22)20(2)35/h5-6,16-18,21-22H,7-15H2,1-4H3. The molecule has 0 N–H and O–H groups in total. The lowest BCUT2D eigenvalue weighted by Crippen LogP contribution is -2.44. The van der Waals surface area contributed by atoms with Crippen molar-refractivity contribution in [2.75, 3.05) is 26.3 Å². The van der Waals surface area contributed by atoms with E-state index in [2.05, 4.69) is 48.6 Å². The molecule has 0 spiro atoms. The predicted octanol–water partition coefficient (Wildman–Crippen LogP) is 5.46. The van der Waals surface area contributed by atoms with Crippen molar-refractivity contribution in [3.8, 4) is 0 Å². The van der Waals surface area contributed by atoms with Crippen molar-refractivity contribution in [3.05, 3.63) is 58.3 Å². The van der Waals surface area contributed by atoms with E-state index in [1.165, 1.54) is 16.8 Å². The number of pyridine rings is 1. The van der Waals surface area contributed by atoms with Crippen LogP contribution >= 0.6 is 11.6 Å². The summed E-state index contributed by atoms with van der Waals surface area (Å²) in [4.78, 5) is 23.4. The van der Waals surface area contributed by atoms with E-state index in [4.69, 9.17) is 21.3 Å². The first-order valence-electron chi connectivity index (χ1n) is 13.2. The van der Waals surface area contributed by atoms with Gasteiger partial charge in [0.25, 0.3) is 0 Å². The Bertz CT molecular complexity index is 1260. The minimum absolute atomic E-state index is 0.159. The summed E-state index contributed by atoms with van der Waals surface area (Å²) in [7, 11) is 2.07. The first kappa shape index (κ1) is 25.2. The zero-order valence-electron chi connectivity index (χ0n) is 21.9. The van der Waals surface area contributed by atoms with Gasteiger partial charge in [0.1, 0.15) is 0 Å². The number of likely N-dealkylation sites (tertiary alicyclic amines) is 1. The van der Waals surface area contributed by atoms with Gasteiger partial charge in [-0.15, -0.1) is 0 Å². The van der Waals surface area contributed by atoms with Crippen LogP contribution in [0.25, 0.3) is 10.9 Å². The Kier molecular flexibility index (Phi) is 7.10. The average molecular weight is 509 g/mol. The maximum Gasteiger partial charge on any atom is 0.219 e. The molecule has 1 aromatic carbocycles. The molecule has 1 atom stereocenters. The van der Waals surface area contributed by atoms with Crippen LogP contribution in [0.1, 0.15) is 62.0 Å². The maximum atomic E-state index is 12.0. The van der Waals surface area contributed by atoms with E-state index in [9.17, 15) is 4.79 Å². The number of rotatable bonds is 5. The molecule has 1 unspecified atom stereocenters. The highest BCUT2D eigenvalue weighted by Crippen LogP contribution is 2.45. The van der Waals surface area contributed by atoms with Gasteiger partial charge in [0.15, 0.2) is 0 Å². The number of benzene rings is 1. The number of ether oxygens (including phenoxy) is 1. The Morgan fingerprint density at radius 1 is 1.19 bits per heavy atom. The molecule has 36 heavy (non-hydrogen) atoms. The average Bonchev–Trinajstić information content (AvgIpc) is 3.33. The normalized spacial score (nSPS) is 19.5. The van der Waals surface area contributed by atoms with E-state index < -0.39 is 0 Å². The van der Waals surface area contributed by atoms with Gasteiger partial charge >= 0.3 is 0 Å². The number of amides is 1. The Balaban J connectivity index is 1.57. The second-order valence-corrected chi connectivity index (χ2v) is 11.2. The summed E-state index contributed by atoms with van der Waals surface area (Å²) in [6.45, 7) is 9.32. The third-order valence-corrected chi connectivity index (χ3v) is 9.19. The van der Waals surface area contributed by atoms with Crippen molar-refractivity contribution in [1.29, 1.82) is 0 Å². The first-order chi connectivity index (χ1) is 17.3. The largest absolute Gasteiger partial charge is 0.381 e. The number of hydrogen-bond donors (Lipinski definition) is 0. The zero-order chi connectivity index (χ0) is 25.4. The molecule has 2 aromatic heterocycles. The number of imidazole rings is 1. The highest BCUT2D eigenvalue weighted by Gasteiger charge is 2.41. The van der Waals surface area contributed by atoms with E-state index in [0.29, 0.717) is 11.8 Å². The van der Waals surface area contributed by atoms with Gasteiger partial charge in [-0.1, -0.05) is 17.7 Å². The molecular formula is C29H37ClN4O2. The molecule has 6 nitrogen and oxygen atoms in total. The van der Waals surface area contributed by atoms with Gasteiger partial charge in [0, 0.05) is 68.7 Å². The minimum atomic E-state index is -0.266. The molecule has 0 aliphatic carbocycles. The van der Waals surface area contributed by atoms with Crippen molar-refractivity contribution >= 4 is 28.4 Å². The summed E-state index contributed by atoms with van der Waals surface area (Å²) >= 11 is 7.15. The van der Waals surface area contributed by atoms with Crippen LogP contribution in [0.5, 0.6) is 0 Å². The van der Waals surface area contributed by atoms with Crippen molar-refractivity contribution in [2.45, 2.75) is 58.3 Å². The van der Waals surface area contributed by atoms with Gasteiger partial charge in [-0.25, -0.2) is 4.98 Å². The van der Waals surface area contributed by atoms with Crippen molar-refractivity contribution in [3.63, 3.8) is 0 Å². The SMILES string of the molecule is CC(=O)N1CCC(C(C)(c2ccc3nc(C)c(CC4CCOCC4)c(Cl)c3c2)c2cncn2C)CC1. The van der Waals surface area contributed by atoms with Crippen molar-refractivity contribution in [2.24, 2.45) is 18.9 Å². The summed E-state index contributed by atoms with van der Waals surface area (Å²) in [5.41, 5.74) is 5.28. The number of piperidine rings is 1. The molecule has 1 amide bonds. The van der Waals surface area contributed by atoms with Crippen molar-refractivity contribution in [1.82, 2.24) is 19.4 Å². The van der Waals surface area contributed by atoms with Crippen LogP contribution in [0.2, 0.25) is 5.02 Å². The molecule has 0 bridgehead atoms. The maximum absolute atomic E-state index is 12.0.